The van der Waals surface area contributed by atoms with Crippen LogP contribution in [-0.4, -0.2) is 48.4 Å². The predicted molar refractivity (Wildman–Crippen MR) is 96.3 cm³/mol. The summed E-state index contributed by atoms with van der Waals surface area (Å²) < 4.78 is 5.32. The average molecular weight is 366 g/mol. The Hall–Kier alpha value is -1.89. The van der Waals surface area contributed by atoms with Gasteiger partial charge in [-0.05, 0) is 37.1 Å². The molecule has 1 aromatic rings. The molecule has 0 aromatic carbocycles. The van der Waals surface area contributed by atoms with Crippen LogP contribution in [0, 0.1) is 11.8 Å². The molecule has 1 fully saturated rings. The molecule has 1 aliphatic heterocycles. The Kier molecular flexibility index (Phi) is 6.99. The molecule has 0 aliphatic carbocycles. The summed E-state index contributed by atoms with van der Waals surface area (Å²) in [6.07, 6.45) is 0.604. The monoisotopic (exact) mass is 366 g/mol. The van der Waals surface area contributed by atoms with E-state index in [9.17, 15) is 14.4 Å². The Morgan fingerprint density at radius 1 is 1.36 bits per heavy atom. The normalized spacial score (nSPS) is 18.7. The van der Waals surface area contributed by atoms with E-state index in [1.807, 2.05) is 25.3 Å². The first-order valence-corrected chi connectivity index (χ1v) is 9.57. The predicted octanol–water partition coefficient (Wildman–Crippen LogP) is 2.30. The third-order valence-corrected chi connectivity index (χ3v) is 4.98. The number of carbonyl (C=O) groups is 3. The summed E-state index contributed by atoms with van der Waals surface area (Å²) in [5.74, 6) is -0.782. The fourth-order valence-electron chi connectivity index (χ4n) is 2.68. The molecule has 2 rings (SSSR count). The van der Waals surface area contributed by atoms with Crippen molar-refractivity contribution < 1.29 is 19.1 Å². The molecule has 7 heteroatoms. The Morgan fingerprint density at radius 3 is 2.76 bits per heavy atom. The van der Waals surface area contributed by atoms with Gasteiger partial charge in [0.05, 0.1) is 10.8 Å². The number of nitrogens with zero attached hydrogens (tertiary/aromatic N) is 1. The molecule has 1 saturated heterocycles. The van der Waals surface area contributed by atoms with E-state index >= 15 is 0 Å². The lowest BCUT2D eigenvalue weighted by Crippen LogP contribution is -2.44. The maximum atomic E-state index is 12.4. The summed E-state index contributed by atoms with van der Waals surface area (Å²) in [4.78, 5) is 39.1. The maximum absolute atomic E-state index is 12.4. The molecule has 2 amide bonds. The van der Waals surface area contributed by atoms with E-state index in [0.717, 1.165) is 6.42 Å². The smallest absolute Gasteiger partial charge is 0.311 e. The van der Waals surface area contributed by atoms with Crippen LogP contribution < -0.4 is 5.32 Å². The lowest BCUT2D eigenvalue weighted by atomic mass is 9.98. The molecule has 2 heterocycles. The molecule has 6 nitrogen and oxygen atoms in total. The van der Waals surface area contributed by atoms with Crippen molar-refractivity contribution in [3.63, 3.8) is 0 Å². The molecule has 0 radical (unpaired) electrons. The molecule has 1 N–H and O–H groups in total. The summed E-state index contributed by atoms with van der Waals surface area (Å²) >= 11 is 1.40. The fourth-order valence-corrected chi connectivity index (χ4v) is 3.37. The summed E-state index contributed by atoms with van der Waals surface area (Å²) in [7, 11) is 0. The van der Waals surface area contributed by atoms with Crippen molar-refractivity contribution in [3.05, 3.63) is 22.4 Å². The first-order valence-electron chi connectivity index (χ1n) is 8.69. The van der Waals surface area contributed by atoms with Crippen LogP contribution in [0.2, 0.25) is 0 Å². The lowest BCUT2D eigenvalue weighted by Gasteiger charge is -2.31. The number of likely N-dealkylation sites (tertiary alicyclic amines) is 1. The van der Waals surface area contributed by atoms with E-state index in [0.29, 0.717) is 36.9 Å². The molecule has 0 saturated carbocycles. The molecular formula is C18H26N2O4S. The zero-order valence-electron chi connectivity index (χ0n) is 15.0. The standard InChI is InChI=1S/C18H26N2O4S/c1-12(2)10-19-16(21)13(3)24-18(23)14-6-4-8-20(11-14)17(22)15-7-5-9-25-15/h5,7,9,12-14H,4,6,8,10-11H2,1-3H3,(H,19,21). The topological polar surface area (TPSA) is 75.7 Å². The Balaban J connectivity index is 1.86. The fraction of sp³-hybridized carbons (Fsp3) is 0.611. The molecule has 0 spiro atoms. The van der Waals surface area contributed by atoms with E-state index in [2.05, 4.69) is 5.32 Å². The van der Waals surface area contributed by atoms with Crippen molar-refractivity contribution in [2.24, 2.45) is 11.8 Å². The minimum atomic E-state index is -0.824. The van der Waals surface area contributed by atoms with Gasteiger partial charge >= 0.3 is 5.97 Å². The number of esters is 1. The largest absolute Gasteiger partial charge is 0.452 e. The molecule has 138 valence electrons. The Bertz CT molecular complexity index is 600. The highest BCUT2D eigenvalue weighted by Crippen LogP contribution is 2.22. The number of nitrogens with one attached hydrogen (secondary N) is 1. The number of carbonyl (C=O) groups excluding carboxylic acids is 3. The van der Waals surface area contributed by atoms with Crippen molar-refractivity contribution in [2.75, 3.05) is 19.6 Å². The zero-order chi connectivity index (χ0) is 18.4. The van der Waals surface area contributed by atoms with Crippen LogP contribution in [0.5, 0.6) is 0 Å². The van der Waals surface area contributed by atoms with E-state index < -0.39 is 12.1 Å². The first kappa shape index (κ1) is 19.4. The van der Waals surface area contributed by atoms with Gasteiger partial charge < -0.3 is 15.0 Å². The van der Waals surface area contributed by atoms with E-state index in [4.69, 9.17) is 4.74 Å². The van der Waals surface area contributed by atoms with Gasteiger partial charge in [0.25, 0.3) is 11.8 Å². The van der Waals surface area contributed by atoms with Gasteiger partial charge in [0.15, 0.2) is 6.10 Å². The summed E-state index contributed by atoms with van der Waals surface area (Å²) in [5, 5.41) is 4.62. The second kappa shape index (κ2) is 8.99. The Labute approximate surface area is 152 Å². The summed E-state index contributed by atoms with van der Waals surface area (Å²) in [5.41, 5.74) is 0. The summed E-state index contributed by atoms with van der Waals surface area (Å²) in [6.45, 7) is 7.11. The quantitative estimate of drug-likeness (QED) is 0.784. The van der Waals surface area contributed by atoms with Gasteiger partial charge in [-0.25, -0.2) is 0 Å². The Morgan fingerprint density at radius 2 is 2.12 bits per heavy atom. The van der Waals surface area contributed by atoms with Crippen LogP contribution in [0.4, 0.5) is 0 Å². The van der Waals surface area contributed by atoms with E-state index in [1.54, 1.807) is 17.9 Å². The second-order valence-corrected chi connectivity index (χ2v) is 7.73. The first-order chi connectivity index (χ1) is 11.9. The van der Waals surface area contributed by atoms with Crippen molar-refractivity contribution in [1.82, 2.24) is 10.2 Å². The summed E-state index contributed by atoms with van der Waals surface area (Å²) in [6, 6.07) is 3.63. The van der Waals surface area contributed by atoms with Crippen LogP contribution in [0.3, 0.4) is 0 Å². The second-order valence-electron chi connectivity index (χ2n) is 6.79. The van der Waals surface area contributed by atoms with Crippen molar-refractivity contribution in [3.8, 4) is 0 Å². The average Bonchev–Trinajstić information content (AvgIpc) is 3.13. The molecule has 2 unspecified atom stereocenters. The highest BCUT2D eigenvalue weighted by atomic mass is 32.1. The highest BCUT2D eigenvalue weighted by molar-refractivity contribution is 7.12. The minimum Gasteiger partial charge on any atom is -0.452 e. The molecule has 0 bridgehead atoms. The molecule has 1 aliphatic rings. The highest BCUT2D eigenvalue weighted by Gasteiger charge is 2.32. The number of amides is 2. The van der Waals surface area contributed by atoms with Gasteiger partial charge in [-0.15, -0.1) is 11.3 Å². The zero-order valence-corrected chi connectivity index (χ0v) is 15.8. The molecule has 2 atom stereocenters. The third kappa shape index (κ3) is 5.56. The molecular weight excluding hydrogens is 340 g/mol. The van der Waals surface area contributed by atoms with Crippen LogP contribution in [0.15, 0.2) is 17.5 Å². The number of thiophene rings is 1. The van der Waals surface area contributed by atoms with Crippen LogP contribution >= 0.6 is 11.3 Å². The van der Waals surface area contributed by atoms with Gasteiger partial charge in [-0.3, -0.25) is 14.4 Å². The van der Waals surface area contributed by atoms with Gasteiger partial charge in [-0.2, -0.15) is 0 Å². The van der Waals surface area contributed by atoms with Crippen LogP contribution in [0.1, 0.15) is 43.3 Å². The van der Waals surface area contributed by atoms with Crippen molar-refractivity contribution in [2.45, 2.75) is 39.7 Å². The minimum absolute atomic E-state index is 0.0461. The number of rotatable bonds is 6. The number of ether oxygens (including phenoxy) is 1. The van der Waals surface area contributed by atoms with Crippen molar-refractivity contribution >= 4 is 29.1 Å². The SMILES string of the molecule is CC(C)CNC(=O)C(C)OC(=O)C1CCCN(C(=O)c2cccs2)C1. The maximum Gasteiger partial charge on any atom is 0.311 e. The number of piperidine rings is 1. The van der Waals surface area contributed by atoms with Gasteiger partial charge in [0, 0.05) is 19.6 Å². The molecule has 25 heavy (non-hydrogen) atoms. The van der Waals surface area contributed by atoms with Crippen molar-refractivity contribution in [1.29, 1.82) is 0 Å². The van der Waals surface area contributed by atoms with Gasteiger partial charge in [-0.1, -0.05) is 19.9 Å². The third-order valence-electron chi connectivity index (χ3n) is 4.12. The van der Waals surface area contributed by atoms with Crippen LogP contribution in [-0.2, 0) is 14.3 Å². The number of hydrogen-bond donors (Lipinski definition) is 1. The van der Waals surface area contributed by atoms with E-state index in [-0.39, 0.29) is 17.7 Å². The van der Waals surface area contributed by atoms with E-state index in [1.165, 1.54) is 11.3 Å². The number of hydrogen-bond acceptors (Lipinski definition) is 5. The van der Waals surface area contributed by atoms with Gasteiger partial charge in [0.2, 0.25) is 0 Å². The molecule has 1 aromatic heterocycles. The van der Waals surface area contributed by atoms with Crippen LogP contribution in [0.25, 0.3) is 0 Å². The van der Waals surface area contributed by atoms with Gasteiger partial charge in [0.1, 0.15) is 0 Å². The lowest BCUT2D eigenvalue weighted by molar-refractivity contribution is -0.160.